The van der Waals surface area contributed by atoms with Gasteiger partial charge in [0.2, 0.25) is 0 Å². The van der Waals surface area contributed by atoms with Gasteiger partial charge in [-0.05, 0) is 75.9 Å². The lowest BCUT2D eigenvalue weighted by Crippen LogP contribution is -2.57. The van der Waals surface area contributed by atoms with Crippen molar-refractivity contribution >= 4 is 11.9 Å². The molecule has 214 valence electrons. The Kier molecular flexibility index (Phi) is 8.74. The number of carbonyl (C=O) groups is 2. The number of nitrogens with zero attached hydrogens (tertiary/aromatic N) is 2. The van der Waals surface area contributed by atoms with Crippen LogP contribution in [0.2, 0.25) is 0 Å². The highest BCUT2D eigenvalue weighted by atomic mass is 19.4. The lowest BCUT2D eigenvalue weighted by molar-refractivity contribution is -0.156. The van der Waals surface area contributed by atoms with Crippen molar-refractivity contribution in [2.45, 2.75) is 65.0 Å². The van der Waals surface area contributed by atoms with Crippen LogP contribution in [0.3, 0.4) is 0 Å². The van der Waals surface area contributed by atoms with Gasteiger partial charge >= 0.3 is 18.3 Å². The second-order valence-electron chi connectivity index (χ2n) is 10.9. The molecule has 0 aromatic heterocycles. The molecule has 39 heavy (non-hydrogen) atoms. The number of ether oxygens (including phenoxy) is 1. The fraction of sp³-hybridized carbons (Fsp3) is 0.500. The van der Waals surface area contributed by atoms with Crippen LogP contribution < -0.4 is 0 Å². The van der Waals surface area contributed by atoms with E-state index in [1.807, 2.05) is 32.0 Å². The van der Waals surface area contributed by atoms with Crippen molar-refractivity contribution in [3.8, 4) is 0 Å². The summed E-state index contributed by atoms with van der Waals surface area (Å²) in [6, 6.07) is 6.00. The van der Waals surface area contributed by atoms with Gasteiger partial charge < -0.3 is 9.64 Å². The Morgan fingerprint density at radius 1 is 0.872 bits per heavy atom. The van der Waals surface area contributed by atoms with E-state index in [1.54, 1.807) is 25.7 Å². The van der Waals surface area contributed by atoms with Gasteiger partial charge in [-0.2, -0.15) is 26.3 Å². The molecule has 1 unspecified atom stereocenters. The Labute approximate surface area is 223 Å². The van der Waals surface area contributed by atoms with Crippen LogP contribution in [0.25, 0.3) is 0 Å². The second-order valence-corrected chi connectivity index (χ2v) is 10.9. The highest BCUT2D eigenvalue weighted by Gasteiger charge is 2.39. The van der Waals surface area contributed by atoms with Crippen LogP contribution in [0.5, 0.6) is 0 Å². The highest BCUT2D eigenvalue weighted by Crippen LogP contribution is 2.37. The largest absolute Gasteiger partial charge is 0.459 e. The number of benzene rings is 2. The van der Waals surface area contributed by atoms with Gasteiger partial charge in [0, 0.05) is 31.2 Å². The Morgan fingerprint density at radius 3 is 1.97 bits per heavy atom. The van der Waals surface area contributed by atoms with Gasteiger partial charge in [0.25, 0.3) is 5.91 Å². The van der Waals surface area contributed by atoms with E-state index in [0.29, 0.717) is 18.6 Å². The number of hydrogen-bond donors (Lipinski definition) is 0. The molecule has 1 aliphatic heterocycles. The van der Waals surface area contributed by atoms with Crippen LogP contribution in [0.1, 0.15) is 58.9 Å². The summed E-state index contributed by atoms with van der Waals surface area (Å²) in [5.74, 6) is -1.41. The molecule has 5 nitrogen and oxygen atoms in total. The van der Waals surface area contributed by atoms with Crippen molar-refractivity contribution in [2.24, 2.45) is 0 Å². The maximum absolute atomic E-state index is 13.5. The molecule has 0 N–H and O–H groups in total. The Hall–Kier alpha value is -3.08. The first-order chi connectivity index (χ1) is 17.8. The average molecular weight is 559 g/mol. The predicted molar refractivity (Wildman–Crippen MR) is 133 cm³/mol. The third-order valence-electron chi connectivity index (χ3n) is 6.48. The molecule has 3 rings (SSSR count). The van der Waals surface area contributed by atoms with Gasteiger partial charge in [-0.15, -0.1) is 0 Å². The molecule has 1 aliphatic rings. The fourth-order valence-corrected chi connectivity index (χ4v) is 4.51. The summed E-state index contributed by atoms with van der Waals surface area (Å²) in [4.78, 5) is 29.0. The maximum atomic E-state index is 13.5. The van der Waals surface area contributed by atoms with Gasteiger partial charge in [0.05, 0.1) is 17.7 Å². The second kappa shape index (κ2) is 11.2. The standard InChI is InChI=1S/C28H32F6N2O3/c1-17-6-7-19(10-18(17)2)11-23-15-35(16-24(37)39-26(3,4)5)8-9-36(23)25(38)20-12-21(27(29,30)31)14-22(13-20)28(32,33)34/h6-7,10,12-14,23H,8-9,11,15-16H2,1-5H3. The van der Waals surface area contributed by atoms with Crippen molar-refractivity contribution in [2.75, 3.05) is 26.2 Å². The van der Waals surface area contributed by atoms with Gasteiger partial charge in [0.15, 0.2) is 0 Å². The van der Waals surface area contributed by atoms with E-state index >= 15 is 0 Å². The molecular formula is C28H32F6N2O3. The topological polar surface area (TPSA) is 49.9 Å². The lowest BCUT2D eigenvalue weighted by atomic mass is 9.97. The molecule has 11 heteroatoms. The van der Waals surface area contributed by atoms with E-state index < -0.39 is 52.6 Å². The Bertz CT molecular complexity index is 1180. The number of alkyl halides is 6. The van der Waals surface area contributed by atoms with Crippen LogP contribution in [0.15, 0.2) is 36.4 Å². The highest BCUT2D eigenvalue weighted by molar-refractivity contribution is 5.95. The number of amides is 1. The third-order valence-corrected chi connectivity index (χ3v) is 6.48. The Balaban J connectivity index is 1.95. The number of hydrogen-bond acceptors (Lipinski definition) is 4. The number of rotatable bonds is 5. The molecule has 0 aliphatic carbocycles. The maximum Gasteiger partial charge on any atom is 0.416 e. The zero-order valence-corrected chi connectivity index (χ0v) is 22.5. The summed E-state index contributed by atoms with van der Waals surface area (Å²) in [7, 11) is 0. The lowest BCUT2D eigenvalue weighted by Gasteiger charge is -2.41. The SMILES string of the molecule is Cc1ccc(CC2CN(CC(=O)OC(C)(C)C)CCN2C(=O)c2cc(C(F)(F)F)cc(C(F)(F)F)c2)cc1C. The van der Waals surface area contributed by atoms with E-state index in [0.717, 1.165) is 16.7 Å². The quantitative estimate of drug-likeness (QED) is 0.331. The molecule has 2 aromatic carbocycles. The fourth-order valence-electron chi connectivity index (χ4n) is 4.51. The number of aryl methyl sites for hydroxylation is 2. The number of carbonyl (C=O) groups excluding carboxylic acids is 2. The van der Waals surface area contributed by atoms with Crippen molar-refractivity contribution in [1.29, 1.82) is 0 Å². The third kappa shape index (κ3) is 8.20. The summed E-state index contributed by atoms with van der Waals surface area (Å²) in [6.45, 7) is 9.36. The molecule has 0 bridgehead atoms. The zero-order chi connectivity index (χ0) is 29.3. The molecule has 1 fully saturated rings. The normalized spacial score (nSPS) is 17.3. The summed E-state index contributed by atoms with van der Waals surface area (Å²) in [5, 5.41) is 0. The molecular weight excluding hydrogens is 526 g/mol. The van der Waals surface area contributed by atoms with Crippen LogP contribution >= 0.6 is 0 Å². The van der Waals surface area contributed by atoms with E-state index in [-0.39, 0.29) is 32.2 Å². The minimum Gasteiger partial charge on any atom is -0.459 e. The van der Waals surface area contributed by atoms with Crippen molar-refractivity contribution in [1.82, 2.24) is 9.80 Å². The molecule has 2 aromatic rings. The van der Waals surface area contributed by atoms with Crippen LogP contribution in [-0.2, 0) is 28.3 Å². The molecule has 0 radical (unpaired) electrons. The minimum absolute atomic E-state index is 0.00210. The van der Waals surface area contributed by atoms with E-state index in [4.69, 9.17) is 4.74 Å². The number of halogens is 6. The van der Waals surface area contributed by atoms with Gasteiger partial charge in [-0.25, -0.2) is 0 Å². The molecule has 1 amide bonds. The van der Waals surface area contributed by atoms with Gasteiger partial charge in [-0.1, -0.05) is 18.2 Å². The van der Waals surface area contributed by atoms with E-state index in [9.17, 15) is 35.9 Å². The number of esters is 1. The zero-order valence-electron chi connectivity index (χ0n) is 22.5. The first kappa shape index (κ1) is 30.5. The van der Waals surface area contributed by atoms with Crippen molar-refractivity contribution < 1.29 is 40.7 Å². The molecule has 1 atom stereocenters. The van der Waals surface area contributed by atoms with Gasteiger partial charge in [-0.3, -0.25) is 14.5 Å². The molecule has 0 saturated carbocycles. The molecule has 0 spiro atoms. The molecule has 1 heterocycles. The van der Waals surface area contributed by atoms with Crippen LogP contribution in [-0.4, -0.2) is 59.5 Å². The monoisotopic (exact) mass is 558 g/mol. The molecule has 1 saturated heterocycles. The van der Waals surface area contributed by atoms with Crippen molar-refractivity contribution in [3.63, 3.8) is 0 Å². The van der Waals surface area contributed by atoms with E-state index in [2.05, 4.69) is 0 Å². The summed E-state index contributed by atoms with van der Waals surface area (Å²) < 4.78 is 85.9. The smallest absolute Gasteiger partial charge is 0.416 e. The van der Waals surface area contributed by atoms with E-state index in [1.165, 1.54) is 4.90 Å². The summed E-state index contributed by atoms with van der Waals surface area (Å²) >= 11 is 0. The first-order valence-electron chi connectivity index (χ1n) is 12.4. The Morgan fingerprint density at radius 2 is 1.46 bits per heavy atom. The summed E-state index contributed by atoms with van der Waals surface area (Å²) in [6.07, 6.45) is -9.84. The average Bonchev–Trinajstić information content (AvgIpc) is 2.78. The van der Waals surface area contributed by atoms with Gasteiger partial charge in [0.1, 0.15) is 5.60 Å². The summed E-state index contributed by atoms with van der Waals surface area (Å²) in [5.41, 5.74) is -1.59. The number of piperazine rings is 1. The van der Waals surface area contributed by atoms with Crippen molar-refractivity contribution in [3.05, 3.63) is 69.8 Å². The van der Waals surface area contributed by atoms with Crippen LogP contribution in [0, 0.1) is 13.8 Å². The van der Waals surface area contributed by atoms with Crippen LogP contribution in [0.4, 0.5) is 26.3 Å². The minimum atomic E-state index is -5.07. The first-order valence-corrected chi connectivity index (χ1v) is 12.4. The predicted octanol–water partition coefficient (Wildman–Crippen LogP) is 6.05.